The monoisotopic (exact) mass is 168 g/mol. The van der Waals surface area contributed by atoms with Crippen LogP contribution in [0.3, 0.4) is 0 Å². The molecule has 0 aromatic rings. The van der Waals surface area contributed by atoms with Gasteiger partial charge in [-0.2, -0.15) is 0 Å². The molecule has 0 amide bonds. The highest BCUT2D eigenvalue weighted by atomic mass is 16.3. The van der Waals surface area contributed by atoms with E-state index in [1.807, 2.05) is 6.08 Å². The number of rotatable bonds is 4. The second-order valence-corrected chi connectivity index (χ2v) is 3.75. The van der Waals surface area contributed by atoms with Crippen LogP contribution in [-0.4, -0.2) is 11.2 Å². The molecule has 0 saturated carbocycles. The highest BCUT2D eigenvalue weighted by Crippen LogP contribution is 2.24. The maximum atomic E-state index is 9.58. The van der Waals surface area contributed by atoms with Crippen molar-refractivity contribution in [2.45, 2.75) is 51.6 Å². The molecule has 12 heavy (non-hydrogen) atoms. The van der Waals surface area contributed by atoms with Crippen molar-refractivity contribution in [1.29, 1.82) is 0 Å². The molecular weight excluding hydrogens is 148 g/mol. The lowest BCUT2D eigenvalue weighted by atomic mass is 9.87. The Hall–Kier alpha value is -0.300. The first-order valence-electron chi connectivity index (χ1n) is 5.19. The molecule has 1 heteroatoms. The Morgan fingerprint density at radius 2 is 2.25 bits per heavy atom. The first-order chi connectivity index (χ1) is 5.84. The first kappa shape index (κ1) is 9.79. The molecule has 1 nitrogen and oxygen atoms in total. The van der Waals surface area contributed by atoms with Gasteiger partial charge in [-0.1, -0.05) is 38.3 Å². The molecule has 0 radical (unpaired) electrons. The van der Waals surface area contributed by atoms with Gasteiger partial charge in [-0.15, -0.1) is 0 Å². The van der Waals surface area contributed by atoms with Gasteiger partial charge in [0, 0.05) is 0 Å². The van der Waals surface area contributed by atoms with Crippen LogP contribution in [0.4, 0.5) is 0 Å². The normalized spacial score (nSPS) is 29.2. The Labute approximate surface area is 75.5 Å². The molecule has 1 aliphatic carbocycles. The van der Waals surface area contributed by atoms with Crippen molar-refractivity contribution in [2.75, 3.05) is 0 Å². The summed E-state index contributed by atoms with van der Waals surface area (Å²) in [6.45, 7) is 2.22. The summed E-state index contributed by atoms with van der Waals surface area (Å²) in [5.41, 5.74) is 0. The molecule has 1 rings (SSSR count). The Kier molecular flexibility index (Phi) is 4.37. The fourth-order valence-electron chi connectivity index (χ4n) is 1.85. The topological polar surface area (TPSA) is 20.2 Å². The van der Waals surface area contributed by atoms with Crippen LogP contribution >= 0.6 is 0 Å². The van der Waals surface area contributed by atoms with E-state index in [9.17, 15) is 5.11 Å². The van der Waals surface area contributed by atoms with E-state index in [4.69, 9.17) is 0 Å². The van der Waals surface area contributed by atoms with Crippen LogP contribution in [0, 0.1) is 5.92 Å². The molecular formula is C11H20O. The number of aliphatic hydroxyl groups excluding tert-OH is 1. The summed E-state index contributed by atoms with van der Waals surface area (Å²) in [5, 5.41) is 9.58. The minimum atomic E-state index is -0.157. The smallest absolute Gasteiger partial charge is 0.0749 e. The summed E-state index contributed by atoms with van der Waals surface area (Å²) in [5.74, 6) is 0.543. The van der Waals surface area contributed by atoms with E-state index in [1.54, 1.807) is 0 Å². The van der Waals surface area contributed by atoms with Crippen LogP contribution in [0.5, 0.6) is 0 Å². The molecule has 0 saturated heterocycles. The fraction of sp³-hybridized carbons (Fsp3) is 0.818. The number of aliphatic hydroxyl groups is 1. The maximum absolute atomic E-state index is 9.58. The highest BCUT2D eigenvalue weighted by Gasteiger charge is 2.17. The zero-order valence-corrected chi connectivity index (χ0v) is 8.00. The molecule has 0 aliphatic heterocycles. The Morgan fingerprint density at radius 1 is 1.42 bits per heavy atom. The predicted molar refractivity (Wildman–Crippen MR) is 52.0 cm³/mol. The van der Waals surface area contributed by atoms with Crippen molar-refractivity contribution in [1.82, 2.24) is 0 Å². The standard InChI is InChI=1S/C11H20O/c1-2-3-4-7-10-8-5-6-9-11(10)12/h6,9-12H,2-5,7-8H2,1H3/t10-,11-/m1/s1. The minimum Gasteiger partial charge on any atom is -0.389 e. The van der Waals surface area contributed by atoms with Crippen LogP contribution in [0.2, 0.25) is 0 Å². The molecule has 0 fully saturated rings. The highest BCUT2D eigenvalue weighted by molar-refractivity contribution is 4.97. The van der Waals surface area contributed by atoms with E-state index in [0.29, 0.717) is 5.92 Å². The zero-order chi connectivity index (χ0) is 8.81. The second-order valence-electron chi connectivity index (χ2n) is 3.75. The van der Waals surface area contributed by atoms with Gasteiger partial charge in [0.1, 0.15) is 0 Å². The molecule has 0 spiro atoms. The van der Waals surface area contributed by atoms with Crippen molar-refractivity contribution in [3.63, 3.8) is 0 Å². The molecule has 70 valence electrons. The molecule has 0 bridgehead atoms. The van der Waals surface area contributed by atoms with E-state index < -0.39 is 0 Å². The van der Waals surface area contributed by atoms with Gasteiger partial charge in [-0.05, 0) is 25.2 Å². The molecule has 0 heterocycles. The summed E-state index contributed by atoms with van der Waals surface area (Å²) in [6, 6.07) is 0. The summed E-state index contributed by atoms with van der Waals surface area (Å²) in [4.78, 5) is 0. The van der Waals surface area contributed by atoms with Gasteiger partial charge in [0.25, 0.3) is 0 Å². The van der Waals surface area contributed by atoms with Crippen molar-refractivity contribution in [3.8, 4) is 0 Å². The maximum Gasteiger partial charge on any atom is 0.0749 e. The van der Waals surface area contributed by atoms with E-state index in [2.05, 4.69) is 13.0 Å². The van der Waals surface area contributed by atoms with Gasteiger partial charge in [-0.25, -0.2) is 0 Å². The largest absolute Gasteiger partial charge is 0.389 e. The average molecular weight is 168 g/mol. The third-order valence-electron chi connectivity index (χ3n) is 2.70. The van der Waals surface area contributed by atoms with E-state index in [0.717, 1.165) is 6.42 Å². The first-order valence-corrected chi connectivity index (χ1v) is 5.19. The summed E-state index contributed by atoms with van der Waals surface area (Å²) < 4.78 is 0. The minimum absolute atomic E-state index is 0.157. The molecule has 1 N–H and O–H groups in total. The number of allylic oxidation sites excluding steroid dienone is 1. The second kappa shape index (κ2) is 5.36. The van der Waals surface area contributed by atoms with Gasteiger partial charge < -0.3 is 5.11 Å². The third kappa shape index (κ3) is 2.98. The van der Waals surface area contributed by atoms with Crippen LogP contribution in [-0.2, 0) is 0 Å². The van der Waals surface area contributed by atoms with Crippen LogP contribution in [0.15, 0.2) is 12.2 Å². The quantitative estimate of drug-likeness (QED) is 0.505. The zero-order valence-electron chi connectivity index (χ0n) is 8.00. The van der Waals surface area contributed by atoms with Crippen LogP contribution in [0.1, 0.15) is 45.4 Å². The summed E-state index contributed by atoms with van der Waals surface area (Å²) in [6.07, 6.45) is 11.3. The Morgan fingerprint density at radius 3 is 2.92 bits per heavy atom. The van der Waals surface area contributed by atoms with Gasteiger partial charge in [-0.3, -0.25) is 0 Å². The van der Waals surface area contributed by atoms with Gasteiger partial charge in [0.05, 0.1) is 6.10 Å². The fourth-order valence-corrected chi connectivity index (χ4v) is 1.85. The van der Waals surface area contributed by atoms with Gasteiger partial charge >= 0.3 is 0 Å². The van der Waals surface area contributed by atoms with Gasteiger partial charge in [0.2, 0.25) is 0 Å². The van der Waals surface area contributed by atoms with Crippen molar-refractivity contribution >= 4 is 0 Å². The summed E-state index contributed by atoms with van der Waals surface area (Å²) in [7, 11) is 0. The molecule has 1 aliphatic rings. The van der Waals surface area contributed by atoms with Gasteiger partial charge in [0.15, 0.2) is 0 Å². The number of hydrogen-bond acceptors (Lipinski definition) is 1. The van der Waals surface area contributed by atoms with Crippen LogP contribution < -0.4 is 0 Å². The van der Waals surface area contributed by atoms with Crippen molar-refractivity contribution in [3.05, 3.63) is 12.2 Å². The van der Waals surface area contributed by atoms with Crippen molar-refractivity contribution in [2.24, 2.45) is 5.92 Å². The SMILES string of the molecule is CCCCC[C@@H]1CCC=C[C@H]1O. The average Bonchev–Trinajstić information content (AvgIpc) is 2.09. The Balaban J connectivity index is 2.18. The molecule has 2 atom stereocenters. The lowest BCUT2D eigenvalue weighted by Crippen LogP contribution is -2.20. The van der Waals surface area contributed by atoms with E-state index in [1.165, 1.54) is 32.1 Å². The van der Waals surface area contributed by atoms with E-state index >= 15 is 0 Å². The summed E-state index contributed by atoms with van der Waals surface area (Å²) >= 11 is 0. The molecule has 0 aromatic carbocycles. The predicted octanol–water partition coefficient (Wildman–Crippen LogP) is 2.89. The Bertz CT molecular complexity index is 140. The van der Waals surface area contributed by atoms with Crippen LogP contribution in [0.25, 0.3) is 0 Å². The molecule has 0 unspecified atom stereocenters. The number of unbranched alkanes of at least 4 members (excludes halogenated alkanes) is 2. The molecule has 0 aromatic heterocycles. The van der Waals surface area contributed by atoms with E-state index in [-0.39, 0.29) is 6.10 Å². The number of hydrogen-bond donors (Lipinski definition) is 1. The third-order valence-corrected chi connectivity index (χ3v) is 2.70. The van der Waals surface area contributed by atoms with Crippen molar-refractivity contribution < 1.29 is 5.11 Å². The lowest BCUT2D eigenvalue weighted by Gasteiger charge is -2.23. The lowest BCUT2D eigenvalue weighted by molar-refractivity contribution is 0.132.